The molecule has 0 heterocycles. The van der Waals surface area contributed by atoms with Gasteiger partial charge in [-0.15, -0.1) is 0 Å². The number of hydrogen-bond acceptors (Lipinski definition) is 2. The van der Waals surface area contributed by atoms with Crippen LogP contribution in [0.2, 0.25) is 0 Å². The molecule has 0 aromatic heterocycles. The highest BCUT2D eigenvalue weighted by Gasteiger charge is 2.15. The summed E-state index contributed by atoms with van der Waals surface area (Å²) >= 11 is 5.44. The van der Waals surface area contributed by atoms with Crippen LogP contribution in [0.25, 0.3) is 6.08 Å². The van der Waals surface area contributed by atoms with Crippen LogP contribution in [0, 0.1) is 3.57 Å². The van der Waals surface area contributed by atoms with Crippen molar-refractivity contribution in [3.63, 3.8) is 0 Å². The van der Waals surface area contributed by atoms with Gasteiger partial charge in [-0.05, 0) is 58.9 Å². The van der Waals surface area contributed by atoms with E-state index in [1.165, 1.54) is 13.0 Å². The number of ketones is 1. The van der Waals surface area contributed by atoms with Crippen LogP contribution >= 0.6 is 38.5 Å². The molecule has 3 nitrogen and oxygen atoms in total. The number of carboxylic acids is 1. The van der Waals surface area contributed by atoms with Crippen LogP contribution in [-0.2, 0) is 9.59 Å². The van der Waals surface area contributed by atoms with E-state index < -0.39 is 10.8 Å². The molecule has 5 heteroatoms. The average Bonchev–Trinajstić information content (AvgIpc) is 2.25. The molecule has 0 aliphatic carbocycles. The highest BCUT2D eigenvalue weighted by molar-refractivity contribution is 14.1. The number of rotatable bonds is 4. The van der Waals surface area contributed by atoms with Gasteiger partial charge in [0, 0.05) is 9.65 Å². The number of halogens is 2. The lowest BCUT2D eigenvalue weighted by Crippen LogP contribution is -2.03. The fourth-order valence-corrected chi connectivity index (χ4v) is 2.23. The Kier molecular flexibility index (Phi) is 5.32. The Morgan fingerprint density at radius 1 is 1.47 bits per heavy atom. The Morgan fingerprint density at radius 2 is 2.12 bits per heavy atom. The zero-order valence-electron chi connectivity index (χ0n) is 8.98. The van der Waals surface area contributed by atoms with Crippen molar-refractivity contribution in [3.05, 3.63) is 39.0 Å². The Balaban J connectivity index is 3.21. The van der Waals surface area contributed by atoms with E-state index in [0.29, 0.717) is 0 Å². The molecule has 17 heavy (non-hydrogen) atoms. The standard InChI is InChI=1S/C12H10BrIO3/c1-7(15)12(13)10-4-3-9(14)6-8(10)2-5-11(16)17/h2-6,12H,1H3,(H,16,17). The molecule has 1 aromatic rings. The van der Waals surface area contributed by atoms with Crippen molar-refractivity contribution in [2.75, 3.05) is 0 Å². The first-order chi connectivity index (χ1) is 7.91. The zero-order chi connectivity index (χ0) is 13.0. The lowest BCUT2D eigenvalue weighted by atomic mass is 10.0. The molecule has 1 rings (SSSR count). The van der Waals surface area contributed by atoms with Gasteiger partial charge in [0.2, 0.25) is 0 Å². The van der Waals surface area contributed by atoms with Gasteiger partial charge in [-0.25, -0.2) is 4.79 Å². The van der Waals surface area contributed by atoms with Gasteiger partial charge in [-0.1, -0.05) is 22.0 Å². The van der Waals surface area contributed by atoms with Gasteiger partial charge in [-0.2, -0.15) is 0 Å². The summed E-state index contributed by atoms with van der Waals surface area (Å²) in [4.78, 5) is 21.4. The summed E-state index contributed by atoms with van der Waals surface area (Å²) in [7, 11) is 0. The van der Waals surface area contributed by atoms with E-state index in [2.05, 4.69) is 38.5 Å². The first-order valence-electron chi connectivity index (χ1n) is 4.77. The summed E-state index contributed by atoms with van der Waals surface area (Å²) < 4.78 is 0.986. The third-order valence-corrected chi connectivity index (χ3v) is 3.89. The van der Waals surface area contributed by atoms with Crippen molar-refractivity contribution in [1.29, 1.82) is 0 Å². The summed E-state index contributed by atoms with van der Waals surface area (Å²) in [6.07, 6.45) is 2.56. The van der Waals surface area contributed by atoms with Crippen molar-refractivity contribution in [2.45, 2.75) is 11.8 Å². The fraction of sp³-hybridized carbons (Fsp3) is 0.167. The van der Waals surface area contributed by atoms with Crippen molar-refractivity contribution < 1.29 is 14.7 Å². The molecule has 0 amide bonds. The van der Waals surface area contributed by atoms with E-state index in [4.69, 9.17) is 5.11 Å². The molecule has 0 radical (unpaired) electrons. The van der Waals surface area contributed by atoms with Crippen molar-refractivity contribution in [2.24, 2.45) is 0 Å². The largest absolute Gasteiger partial charge is 0.478 e. The van der Waals surface area contributed by atoms with Crippen molar-refractivity contribution >= 4 is 56.3 Å². The maximum atomic E-state index is 11.3. The van der Waals surface area contributed by atoms with Gasteiger partial charge in [0.1, 0.15) is 5.78 Å². The molecule has 0 aliphatic rings. The Hall–Kier alpha value is -0.690. The maximum absolute atomic E-state index is 11.3. The molecule has 0 fully saturated rings. The molecule has 0 bridgehead atoms. The summed E-state index contributed by atoms with van der Waals surface area (Å²) in [5.74, 6) is -1.03. The van der Waals surface area contributed by atoms with Crippen LogP contribution in [0.15, 0.2) is 24.3 Å². The lowest BCUT2D eigenvalue weighted by molar-refractivity contribution is -0.131. The molecular formula is C12H10BrIO3. The van der Waals surface area contributed by atoms with Crippen LogP contribution in [0.3, 0.4) is 0 Å². The Labute approximate surface area is 121 Å². The Bertz CT molecular complexity index is 483. The first-order valence-corrected chi connectivity index (χ1v) is 6.76. The molecule has 0 spiro atoms. The van der Waals surface area contributed by atoms with Gasteiger partial charge >= 0.3 is 5.97 Å². The highest BCUT2D eigenvalue weighted by atomic mass is 127. The number of aliphatic carboxylic acids is 1. The van der Waals surface area contributed by atoms with Crippen molar-refractivity contribution in [1.82, 2.24) is 0 Å². The second-order valence-electron chi connectivity index (χ2n) is 3.42. The Morgan fingerprint density at radius 3 is 2.65 bits per heavy atom. The van der Waals surface area contributed by atoms with Crippen molar-refractivity contribution in [3.8, 4) is 0 Å². The number of Topliss-reactive ketones (excluding diaryl/α,β-unsaturated/α-hetero) is 1. The molecular weight excluding hydrogens is 399 g/mol. The van der Waals surface area contributed by atoms with E-state index in [-0.39, 0.29) is 5.78 Å². The zero-order valence-corrected chi connectivity index (χ0v) is 12.7. The number of carbonyl (C=O) groups excluding carboxylic acids is 1. The summed E-state index contributed by atoms with van der Waals surface area (Å²) in [6, 6.07) is 5.54. The predicted molar refractivity (Wildman–Crippen MR) is 78.2 cm³/mol. The third kappa shape index (κ3) is 4.23. The van der Waals surface area contributed by atoms with Gasteiger partial charge in [0.05, 0.1) is 4.83 Å². The second-order valence-corrected chi connectivity index (χ2v) is 5.58. The minimum Gasteiger partial charge on any atom is -0.478 e. The van der Waals surface area contributed by atoms with Crippen LogP contribution in [0.4, 0.5) is 0 Å². The number of carbonyl (C=O) groups is 2. The van der Waals surface area contributed by atoms with E-state index in [1.807, 2.05) is 18.2 Å². The number of alkyl halides is 1. The average molecular weight is 409 g/mol. The van der Waals surface area contributed by atoms with Crippen LogP contribution < -0.4 is 0 Å². The van der Waals surface area contributed by atoms with E-state index >= 15 is 0 Å². The monoisotopic (exact) mass is 408 g/mol. The SMILES string of the molecule is CC(=O)C(Br)c1ccc(I)cc1C=CC(=O)O. The summed E-state index contributed by atoms with van der Waals surface area (Å²) in [5.41, 5.74) is 1.51. The molecule has 1 aromatic carbocycles. The molecule has 0 aliphatic heterocycles. The molecule has 1 unspecified atom stereocenters. The fourth-order valence-electron chi connectivity index (χ4n) is 1.30. The quantitative estimate of drug-likeness (QED) is 0.471. The second kappa shape index (κ2) is 6.30. The third-order valence-electron chi connectivity index (χ3n) is 2.08. The molecule has 1 atom stereocenters. The van der Waals surface area contributed by atoms with Crippen LogP contribution in [-0.4, -0.2) is 16.9 Å². The highest BCUT2D eigenvalue weighted by Crippen LogP contribution is 2.29. The van der Waals surface area contributed by atoms with E-state index in [9.17, 15) is 9.59 Å². The predicted octanol–water partition coefficient (Wildman–Crippen LogP) is 3.41. The summed E-state index contributed by atoms with van der Waals surface area (Å²) in [5, 5.41) is 8.62. The number of benzene rings is 1. The number of carboxylic acid groups (broad SMARTS) is 1. The summed E-state index contributed by atoms with van der Waals surface area (Å²) in [6.45, 7) is 1.49. The van der Waals surface area contributed by atoms with Crippen LogP contribution in [0.5, 0.6) is 0 Å². The maximum Gasteiger partial charge on any atom is 0.328 e. The molecule has 90 valence electrons. The molecule has 0 saturated carbocycles. The minimum atomic E-state index is -1.01. The van der Waals surface area contributed by atoms with Crippen LogP contribution in [0.1, 0.15) is 22.9 Å². The van der Waals surface area contributed by atoms with E-state index in [0.717, 1.165) is 20.8 Å². The molecule has 1 N–H and O–H groups in total. The minimum absolute atomic E-state index is 0.0174. The lowest BCUT2D eigenvalue weighted by Gasteiger charge is -2.10. The normalized spacial score (nSPS) is 12.6. The van der Waals surface area contributed by atoms with Gasteiger partial charge in [0.25, 0.3) is 0 Å². The topological polar surface area (TPSA) is 54.4 Å². The number of hydrogen-bond donors (Lipinski definition) is 1. The smallest absolute Gasteiger partial charge is 0.328 e. The molecule has 0 saturated heterocycles. The first kappa shape index (κ1) is 14.4. The van der Waals surface area contributed by atoms with Gasteiger partial charge < -0.3 is 5.11 Å². The van der Waals surface area contributed by atoms with Gasteiger partial charge in [-0.3, -0.25) is 4.79 Å². The van der Waals surface area contributed by atoms with Gasteiger partial charge in [0.15, 0.2) is 0 Å². The van der Waals surface area contributed by atoms with E-state index in [1.54, 1.807) is 0 Å².